The number of nitrogens with zero attached hydrogens (tertiary/aromatic N) is 2. The maximum Gasteiger partial charge on any atom is 0.333 e. The number of ether oxygens (including phenoxy) is 2. The van der Waals surface area contributed by atoms with Gasteiger partial charge < -0.3 is 14.8 Å². The Hall–Kier alpha value is -4.46. The van der Waals surface area contributed by atoms with Gasteiger partial charge in [-0.05, 0) is 55.0 Å². The van der Waals surface area contributed by atoms with E-state index in [9.17, 15) is 14.0 Å². The summed E-state index contributed by atoms with van der Waals surface area (Å²) in [7, 11) is 1.59. The van der Waals surface area contributed by atoms with Gasteiger partial charge >= 0.3 is 5.97 Å². The largest absolute Gasteiger partial charge is 0.497 e. The lowest BCUT2D eigenvalue weighted by Crippen LogP contribution is -2.35. The topological polar surface area (TPSA) is 82.5 Å². The molecule has 4 rings (SSSR count). The number of benzene rings is 3. The summed E-state index contributed by atoms with van der Waals surface area (Å²) in [5.41, 5.74) is 3.41. The Bertz CT molecular complexity index is 1350. The third-order valence-electron chi connectivity index (χ3n) is 5.77. The van der Waals surface area contributed by atoms with Crippen LogP contribution in [0, 0.1) is 5.82 Å². The van der Waals surface area contributed by atoms with Crippen LogP contribution in [0.1, 0.15) is 30.6 Å². The normalized spacial score (nSPS) is 11.5. The highest BCUT2D eigenvalue weighted by molar-refractivity contribution is 5.85. The number of methoxy groups -OCH3 is 1. The number of rotatable bonds is 10. The van der Waals surface area contributed by atoms with Gasteiger partial charge in [-0.2, -0.15) is 5.10 Å². The van der Waals surface area contributed by atoms with Crippen molar-refractivity contribution in [3.63, 3.8) is 0 Å². The molecule has 0 aliphatic heterocycles. The minimum atomic E-state index is -0.895. The second-order valence-corrected chi connectivity index (χ2v) is 8.30. The van der Waals surface area contributed by atoms with Crippen molar-refractivity contribution < 1.29 is 23.5 Å². The Balaban J connectivity index is 1.55. The van der Waals surface area contributed by atoms with Crippen LogP contribution in [0.4, 0.5) is 4.39 Å². The van der Waals surface area contributed by atoms with E-state index in [1.54, 1.807) is 55.1 Å². The molecule has 4 aromatic rings. The summed E-state index contributed by atoms with van der Waals surface area (Å²) in [4.78, 5) is 25.3. The van der Waals surface area contributed by atoms with Gasteiger partial charge in [0.15, 0.2) is 6.04 Å². The summed E-state index contributed by atoms with van der Waals surface area (Å²) < 4.78 is 26.1. The maximum atomic E-state index is 14.0. The zero-order chi connectivity index (χ0) is 26.2. The van der Waals surface area contributed by atoms with Crippen molar-refractivity contribution in [1.29, 1.82) is 0 Å². The SMILES string of the molecule is CCOC(=O)[C@H](NC(=O)CCc1cc(-c2cccc(F)c2)n(-c2ccc(OC)cc2)n1)c1ccccc1. The molecule has 1 heterocycles. The summed E-state index contributed by atoms with van der Waals surface area (Å²) in [6.45, 7) is 1.93. The van der Waals surface area contributed by atoms with Crippen LogP contribution in [0.15, 0.2) is 84.9 Å². The molecule has 0 fully saturated rings. The molecule has 0 spiro atoms. The number of hydrogen-bond donors (Lipinski definition) is 1. The molecule has 1 amide bonds. The summed E-state index contributed by atoms with van der Waals surface area (Å²) >= 11 is 0. The standard InChI is InChI=1S/C29H28FN3O4/c1-3-37-29(35)28(20-8-5-4-6-9-20)31-27(34)17-12-23-19-26(21-10-7-11-22(30)18-21)33(32-23)24-13-15-25(36-2)16-14-24/h4-11,13-16,18-19,28H,3,12,17H2,1-2H3,(H,31,34)/t28-/m1/s1. The lowest BCUT2D eigenvalue weighted by atomic mass is 10.1. The third-order valence-corrected chi connectivity index (χ3v) is 5.77. The number of aromatic nitrogens is 2. The minimum Gasteiger partial charge on any atom is -0.497 e. The van der Waals surface area contributed by atoms with Crippen molar-refractivity contribution in [1.82, 2.24) is 15.1 Å². The van der Waals surface area contributed by atoms with Crippen LogP contribution in [-0.2, 0) is 20.7 Å². The van der Waals surface area contributed by atoms with E-state index in [1.165, 1.54) is 12.1 Å². The first-order chi connectivity index (χ1) is 18.0. The molecule has 37 heavy (non-hydrogen) atoms. The lowest BCUT2D eigenvalue weighted by molar-refractivity contribution is -0.147. The second-order valence-electron chi connectivity index (χ2n) is 8.30. The monoisotopic (exact) mass is 501 g/mol. The average Bonchev–Trinajstić information content (AvgIpc) is 3.35. The molecule has 1 N–H and O–H groups in total. The second kappa shape index (κ2) is 12.0. The minimum absolute atomic E-state index is 0.102. The predicted octanol–water partition coefficient (Wildman–Crippen LogP) is 5.04. The number of carbonyl (C=O) groups is 2. The molecule has 0 bridgehead atoms. The van der Waals surface area contributed by atoms with Gasteiger partial charge in [0.1, 0.15) is 11.6 Å². The zero-order valence-electron chi connectivity index (χ0n) is 20.7. The highest BCUT2D eigenvalue weighted by Gasteiger charge is 2.24. The van der Waals surface area contributed by atoms with Gasteiger partial charge in [0.25, 0.3) is 0 Å². The fraction of sp³-hybridized carbons (Fsp3) is 0.207. The van der Waals surface area contributed by atoms with Gasteiger partial charge in [-0.15, -0.1) is 0 Å². The quantitative estimate of drug-likeness (QED) is 0.308. The van der Waals surface area contributed by atoms with E-state index < -0.39 is 12.0 Å². The molecule has 190 valence electrons. The van der Waals surface area contributed by atoms with Crippen LogP contribution in [0.25, 0.3) is 16.9 Å². The molecule has 7 nitrogen and oxygen atoms in total. The molecule has 0 saturated heterocycles. The maximum absolute atomic E-state index is 14.0. The van der Waals surface area contributed by atoms with Crippen molar-refractivity contribution >= 4 is 11.9 Å². The van der Waals surface area contributed by atoms with Gasteiger partial charge in [-0.25, -0.2) is 13.9 Å². The summed E-state index contributed by atoms with van der Waals surface area (Å²) in [5, 5.41) is 7.48. The van der Waals surface area contributed by atoms with Crippen LogP contribution in [0.3, 0.4) is 0 Å². The summed E-state index contributed by atoms with van der Waals surface area (Å²) in [5.74, 6) is -0.478. The summed E-state index contributed by atoms with van der Waals surface area (Å²) in [6, 6.07) is 23.5. The Kier molecular flexibility index (Phi) is 8.30. The lowest BCUT2D eigenvalue weighted by Gasteiger charge is -2.17. The first-order valence-electron chi connectivity index (χ1n) is 12.0. The zero-order valence-corrected chi connectivity index (χ0v) is 20.7. The van der Waals surface area contributed by atoms with E-state index in [1.807, 2.05) is 36.4 Å². The van der Waals surface area contributed by atoms with Gasteiger partial charge in [0, 0.05) is 18.4 Å². The molecule has 1 atom stereocenters. The first-order valence-corrected chi connectivity index (χ1v) is 12.0. The van der Waals surface area contributed by atoms with Crippen molar-refractivity contribution in [2.45, 2.75) is 25.8 Å². The van der Waals surface area contributed by atoms with Crippen molar-refractivity contribution in [2.75, 3.05) is 13.7 Å². The fourth-order valence-electron chi connectivity index (χ4n) is 3.95. The van der Waals surface area contributed by atoms with E-state index in [0.29, 0.717) is 34.7 Å². The van der Waals surface area contributed by atoms with Gasteiger partial charge in [0.2, 0.25) is 5.91 Å². The average molecular weight is 502 g/mol. The molecule has 1 aromatic heterocycles. The molecule has 3 aromatic carbocycles. The molecule has 0 unspecified atom stereocenters. The Morgan fingerprint density at radius 1 is 1.00 bits per heavy atom. The number of halogens is 1. The van der Waals surface area contributed by atoms with Crippen LogP contribution in [0.2, 0.25) is 0 Å². The smallest absolute Gasteiger partial charge is 0.333 e. The van der Waals surface area contributed by atoms with Crippen LogP contribution in [0.5, 0.6) is 5.75 Å². The van der Waals surface area contributed by atoms with Crippen molar-refractivity contribution in [2.24, 2.45) is 0 Å². The van der Waals surface area contributed by atoms with Crippen molar-refractivity contribution in [3.8, 4) is 22.7 Å². The number of esters is 1. The molecular formula is C29H28FN3O4. The molecule has 0 aliphatic carbocycles. The van der Waals surface area contributed by atoms with E-state index in [4.69, 9.17) is 14.6 Å². The Morgan fingerprint density at radius 2 is 1.76 bits per heavy atom. The van der Waals surface area contributed by atoms with Gasteiger partial charge in [0.05, 0.1) is 30.8 Å². The highest BCUT2D eigenvalue weighted by Crippen LogP contribution is 2.26. The van der Waals surface area contributed by atoms with E-state index in [2.05, 4.69) is 5.32 Å². The van der Waals surface area contributed by atoms with E-state index >= 15 is 0 Å². The molecular weight excluding hydrogens is 473 g/mol. The van der Waals surface area contributed by atoms with Crippen LogP contribution >= 0.6 is 0 Å². The molecule has 0 radical (unpaired) electrons. The van der Waals surface area contributed by atoms with Gasteiger partial charge in [-0.3, -0.25) is 4.79 Å². The number of carbonyl (C=O) groups excluding carboxylic acids is 2. The number of nitrogens with one attached hydrogen (secondary N) is 1. The number of amides is 1. The van der Waals surface area contributed by atoms with Crippen LogP contribution < -0.4 is 10.1 Å². The van der Waals surface area contributed by atoms with Crippen LogP contribution in [-0.4, -0.2) is 35.4 Å². The Morgan fingerprint density at radius 3 is 2.43 bits per heavy atom. The van der Waals surface area contributed by atoms with Crippen molar-refractivity contribution in [3.05, 3.63) is 102 Å². The third kappa shape index (κ3) is 6.41. The Labute approximate surface area is 214 Å². The van der Waals surface area contributed by atoms with Gasteiger partial charge in [-0.1, -0.05) is 42.5 Å². The number of aryl methyl sites for hydroxylation is 1. The molecule has 8 heteroatoms. The molecule has 0 saturated carbocycles. The first kappa shape index (κ1) is 25.6. The summed E-state index contributed by atoms with van der Waals surface area (Å²) in [6.07, 6.45) is 0.423. The molecule has 0 aliphatic rings. The highest BCUT2D eigenvalue weighted by atomic mass is 19.1. The van der Waals surface area contributed by atoms with E-state index in [-0.39, 0.29) is 24.8 Å². The van der Waals surface area contributed by atoms with E-state index in [0.717, 1.165) is 5.69 Å². The number of hydrogen-bond acceptors (Lipinski definition) is 5. The fourth-order valence-corrected chi connectivity index (χ4v) is 3.95. The predicted molar refractivity (Wildman–Crippen MR) is 138 cm³/mol.